The topological polar surface area (TPSA) is 62.7 Å². The van der Waals surface area contributed by atoms with Crippen molar-refractivity contribution in [3.8, 4) is 5.75 Å². The monoisotopic (exact) mass is 306 g/mol. The highest BCUT2D eigenvalue weighted by atomic mass is 32.1. The first-order valence-electron chi connectivity index (χ1n) is 6.60. The van der Waals surface area contributed by atoms with Gasteiger partial charge < -0.3 is 9.84 Å². The number of rotatable bonds is 7. The number of hydrogen-bond donors (Lipinski definition) is 1. The number of thiazole rings is 1. The van der Waals surface area contributed by atoms with E-state index in [1.807, 2.05) is 30.8 Å². The van der Waals surface area contributed by atoms with Crippen LogP contribution in [0.3, 0.4) is 0 Å². The maximum absolute atomic E-state index is 10.7. The molecule has 5 nitrogen and oxygen atoms in total. The summed E-state index contributed by atoms with van der Waals surface area (Å²) in [5, 5.41) is 11.9. The van der Waals surface area contributed by atoms with Crippen molar-refractivity contribution in [1.29, 1.82) is 0 Å². The minimum Gasteiger partial charge on any atom is -0.479 e. The summed E-state index contributed by atoms with van der Waals surface area (Å²) in [4.78, 5) is 17.2. The number of aromatic nitrogens is 1. The molecule has 1 aromatic carbocycles. The molecule has 0 radical (unpaired) electrons. The molecule has 2 rings (SSSR count). The van der Waals surface area contributed by atoms with Crippen molar-refractivity contribution in [2.45, 2.75) is 26.1 Å². The third-order valence-electron chi connectivity index (χ3n) is 2.93. The first-order chi connectivity index (χ1) is 10.0. The van der Waals surface area contributed by atoms with Crippen molar-refractivity contribution < 1.29 is 14.6 Å². The molecule has 21 heavy (non-hydrogen) atoms. The minimum absolute atomic E-state index is 0.566. The summed E-state index contributed by atoms with van der Waals surface area (Å²) in [5.74, 6) is -0.404. The van der Waals surface area contributed by atoms with Crippen LogP contribution in [0.2, 0.25) is 0 Å². The molecule has 112 valence electrons. The van der Waals surface area contributed by atoms with Crippen molar-refractivity contribution in [2.24, 2.45) is 0 Å². The number of benzene rings is 1. The van der Waals surface area contributed by atoms with Gasteiger partial charge in [0.2, 0.25) is 0 Å². The number of carbonyl (C=O) groups is 1. The smallest absolute Gasteiger partial charge is 0.344 e. The molecule has 1 N–H and O–H groups in total. The molecule has 0 amide bonds. The van der Waals surface area contributed by atoms with Gasteiger partial charge in [-0.15, -0.1) is 11.3 Å². The maximum Gasteiger partial charge on any atom is 0.344 e. The Hall–Kier alpha value is -1.92. The van der Waals surface area contributed by atoms with Crippen LogP contribution in [-0.4, -0.2) is 34.1 Å². The molecule has 0 aliphatic heterocycles. The summed E-state index contributed by atoms with van der Waals surface area (Å²) in [5.41, 5.74) is 1.14. The molecular weight excluding hydrogens is 288 g/mol. The van der Waals surface area contributed by atoms with Crippen LogP contribution in [0.15, 0.2) is 35.8 Å². The van der Waals surface area contributed by atoms with Gasteiger partial charge in [0.15, 0.2) is 6.10 Å². The minimum atomic E-state index is -0.970. The Morgan fingerprint density at radius 3 is 2.67 bits per heavy atom. The number of hydrogen-bond acceptors (Lipinski definition) is 5. The van der Waals surface area contributed by atoms with Gasteiger partial charge in [-0.1, -0.05) is 12.1 Å². The van der Waals surface area contributed by atoms with Crippen LogP contribution < -0.4 is 4.74 Å². The fraction of sp³-hybridized carbons (Fsp3) is 0.333. The van der Waals surface area contributed by atoms with Gasteiger partial charge in [0, 0.05) is 18.1 Å². The molecule has 0 saturated heterocycles. The van der Waals surface area contributed by atoms with E-state index in [4.69, 9.17) is 9.84 Å². The lowest BCUT2D eigenvalue weighted by atomic mass is 10.2. The Labute approximate surface area is 127 Å². The van der Waals surface area contributed by atoms with Gasteiger partial charge in [0.1, 0.15) is 10.8 Å². The summed E-state index contributed by atoms with van der Waals surface area (Å²) < 4.78 is 5.30. The zero-order valence-electron chi connectivity index (χ0n) is 12.0. The van der Waals surface area contributed by atoms with Gasteiger partial charge in [-0.05, 0) is 31.7 Å². The van der Waals surface area contributed by atoms with Gasteiger partial charge in [0.05, 0.1) is 6.54 Å². The van der Waals surface area contributed by atoms with Crippen LogP contribution in [0.5, 0.6) is 5.75 Å². The highest BCUT2D eigenvalue weighted by molar-refractivity contribution is 7.09. The maximum atomic E-state index is 10.7. The van der Waals surface area contributed by atoms with Gasteiger partial charge in [-0.2, -0.15) is 0 Å². The predicted octanol–water partition coefficient (Wildman–Crippen LogP) is 2.63. The second kappa shape index (κ2) is 7.19. The van der Waals surface area contributed by atoms with E-state index in [-0.39, 0.29) is 0 Å². The number of carboxylic acids is 1. The van der Waals surface area contributed by atoms with E-state index in [0.29, 0.717) is 5.75 Å². The van der Waals surface area contributed by atoms with Crippen molar-refractivity contribution in [1.82, 2.24) is 9.88 Å². The first kappa shape index (κ1) is 15.5. The van der Waals surface area contributed by atoms with Crippen molar-refractivity contribution in [2.75, 3.05) is 7.05 Å². The van der Waals surface area contributed by atoms with Crippen molar-refractivity contribution >= 4 is 17.3 Å². The Morgan fingerprint density at radius 1 is 1.38 bits per heavy atom. The molecule has 1 heterocycles. The summed E-state index contributed by atoms with van der Waals surface area (Å²) in [6.07, 6.45) is 0.965. The van der Waals surface area contributed by atoms with E-state index < -0.39 is 12.1 Å². The van der Waals surface area contributed by atoms with Crippen LogP contribution in [-0.2, 0) is 17.9 Å². The predicted molar refractivity (Wildman–Crippen MR) is 81.5 cm³/mol. The van der Waals surface area contributed by atoms with Gasteiger partial charge in [0.25, 0.3) is 0 Å². The van der Waals surface area contributed by atoms with Crippen molar-refractivity contribution in [3.05, 3.63) is 46.4 Å². The van der Waals surface area contributed by atoms with E-state index in [2.05, 4.69) is 9.88 Å². The molecule has 0 aliphatic rings. The SMILES string of the molecule is C[C@@H](Oc1ccc(CN(C)Cc2nccs2)cc1)C(=O)O. The second-order valence-corrected chi connectivity index (χ2v) is 5.82. The molecule has 1 aromatic heterocycles. The molecule has 2 aromatic rings. The summed E-state index contributed by atoms with van der Waals surface area (Å²) in [7, 11) is 2.04. The van der Waals surface area contributed by atoms with Gasteiger partial charge >= 0.3 is 5.97 Å². The molecule has 0 spiro atoms. The van der Waals surface area contributed by atoms with E-state index >= 15 is 0 Å². The fourth-order valence-electron chi connectivity index (χ4n) is 1.86. The molecule has 0 fully saturated rings. The Balaban J connectivity index is 1.88. The van der Waals surface area contributed by atoms with Crippen LogP contribution >= 0.6 is 11.3 Å². The Bertz CT molecular complexity index is 569. The lowest BCUT2D eigenvalue weighted by Crippen LogP contribution is -2.22. The largest absolute Gasteiger partial charge is 0.479 e. The summed E-state index contributed by atoms with van der Waals surface area (Å²) in [6, 6.07) is 7.49. The van der Waals surface area contributed by atoms with E-state index in [1.165, 1.54) is 6.92 Å². The molecule has 0 bridgehead atoms. The highest BCUT2D eigenvalue weighted by Gasteiger charge is 2.12. The van der Waals surface area contributed by atoms with Crippen LogP contribution in [0.4, 0.5) is 0 Å². The van der Waals surface area contributed by atoms with Gasteiger partial charge in [-0.3, -0.25) is 4.90 Å². The average molecular weight is 306 g/mol. The number of aliphatic carboxylic acids is 1. The number of ether oxygens (including phenoxy) is 1. The van der Waals surface area contributed by atoms with Crippen LogP contribution in [0.1, 0.15) is 17.5 Å². The first-order valence-corrected chi connectivity index (χ1v) is 7.48. The van der Waals surface area contributed by atoms with E-state index in [0.717, 1.165) is 23.7 Å². The molecular formula is C15H18N2O3S. The van der Waals surface area contributed by atoms with Crippen LogP contribution in [0.25, 0.3) is 0 Å². The lowest BCUT2D eigenvalue weighted by Gasteiger charge is -2.16. The molecule has 1 atom stereocenters. The molecule has 0 aliphatic carbocycles. The fourth-order valence-corrected chi connectivity index (χ4v) is 2.55. The molecule has 6 heteroatoms. The van der Waals surface area contributed by atoms with Gasteiger partial charge in [-0.25, -0.2) is 9.78 Å². The van der Waals surface area contributed by atoms with E-state index in [1.54, 1.807) is 23.5 Å². The normalized spacial score (nSPS) is 12.3. The Morgan fingerprint density at radius 2 is 2.10 bits per heavy atom. The summed E-state index contributed by atoms with van der Waals surface area (Å²) >= 11 is 1.65. The third kappa shape index (κ3) is 4.84. The second-order valence-electron chi connectivity index (χ2n) is 4.84. The summed E-state index contributed by atoms with van der Waals surface area (Å²) in [6.45, 7) is 3.12. The van der Waals surface area contributed by atoms with E-state index in [9.17, 15) is 4.79 Å². The van der Waals surface area contributed by atoms with Crippen LogP contribution in [0, 0.1) is 0 Å². The van der Waals surface area contributed by atoms with Crippen molar-refractivity contribution in [3.63, 3.8) is 0 Å². The highest BCUT2D eigenvalue weighted by Crippen LogP contribution is 2.16. The number of nitrogens with zero attached hydrogens (tertiary/aromatic N) is 2. The zero-order chi connectivity index (χ0) is 15.2. The average Bonchev–Trinajstić information content (AvgIpc) is 2.93. The quantitative estimate of drug-likeness (QED) is 0.852. The molecule has 0 unspecified atom stereocenters. The zero-order valence-corrected chi connectivity index (χ0v) is 12.8. The molecule has 0 saturated carbocycles. The Kier molecular flexibility index (Phi) is 5.30. The third-order valence-corrected chi connectivity index (χ3v) is 3.69. The number of carboxylic acid groups (broad SMARTS) is 1. The standard InChI is InChI=1S/C15H18N2O3S/c1-11(15(18)19)20-13-5-3-12(4-6-13)9-17(2)10-14-16-7-8-21-14/h3-8,11H,9-10H2,1-2H3,(H,18,19)/t11-/m1/s1. The lowest BCUT2D eigenvalue weighted by molar-refractivity contribution is -0.144.